The van der Waals surface area contributed by atoms with Gasteiger partial charge in [-0.25, -0.2) is 4.57 Å². The van der Waals surface area contributed by atoms with Gasteiger partial charge in [0.25, 0.3) is 5.69 Å². The van der Waals surface area contributed by atoms with Crippen molar-refractivity contribution in [2.75, 3.05) is 11.1 Å². The number of nitrogens with zero attached hydrogens (tertiary/aromatic N) is 1. The Hall–Kier alpha value is -0.660. The minimum atomic E-state index is -3.22. The Morgan fingerprint density at radius 2 is 1.86 bits per heavy atom. The highest BCUT2D eigenvalue weighted by molar-refractivity contribution is 14.1. The van der Waals surface area contributed by atoms with E-state index in [-0.39, 0.29) is 11.8 Å². The SMILES string of the molecule is CP(=O)(Oc1ccc([N+](=O)[O-])cc1)OC1CCC(CI)CC1. The summed E-state index contributed by atoms with van der Waals surface area (Å²) in [5.74, 6) is 1.05. The summed E-state index contributed by atoms with van der Waals surface area (Å²) >= 11 is 2.40. The standard InChI is InChI=1S/C14H19INO5P/c1-22(19,20-13-6-2-11(10-15)3-7-13)21-14-8-4-12(5-9-14)16(17)18/h4-5,8-9,11,13H,2-3,6-7,10H2,1H3. The first-order chi connectivity index (χ1) is 10.4. The number of alkyl halides is 1. The first kappa shape index (κ1) is 17.7. The normalized spacial score (nSPS) is 24.5. The molecular formula is C14H19INO5P. The summed E-state index contributed by atoms with van der Waals surface area (Å²) in [5.41, 5.74) is -0.0312. The third kappa shape index (κ3) is 5.21. The van der Waals surface area contributed by atoms with Gasteiger partial charge in [0.2, 0.25) is 0 Å². The summed E-state index contributed by atoms with van der Waals surface area (Å²) in [7, 11) is -3.22. The monoisotopic (exact) mass is 439 g/mol. The largest absolute Gasteiger partial charge is 0.425 e. The zero-order valence-electron chi connectivity index (χ0n) is 12.3. The molecule has 1 aromatic rings. The molecule has 0 amide bonds. The lowest BCUT2D eigenvalue weighted by Gasteiger charge is -2.29. The van der Waals surface area contributed by atoms with Crippen LogP contribution in [0.25, 0.3) is 0 Å². The van der Waals surface area contributed by atoms with Crippen molar-refractivity contribution in [1.82, 2.24) is 0 Å². The maximum Gasteiger partial charge on any atom is 0.376 e. The van der Waals surface area contributed by atoms with Crippen molar-refractivity contribution >= 4 is 35.9 Å². The summed E-state index contributed by atoms with van der Waals surface area (Å²) in [6, 6.07) is 5.51. The molecule has 1 aliphatic rings. The smallest absolute Gasteiger partial charge is 0.376 e. The minimum Gasteiger partial charge on any atom is -0.425 e. The Balaban J connectivity index is 1.90. The van der Waals surface area contributed by atoms with Crippen molar-refractivity contribution in [3.63, 3.8) is 0 Å². The first-order valence-corrected chi connectivity index (χ1v) is 10.7. The third-order valence-corrected chi connectivity index (χ3v) is 6.14. The Morgan fingerprint density at radius 3 is 2.36 bits per heavy atom. The number of benzene rings is 1. The second kappa shape index (κ2) is 7.75. The molecule has 6 nitrogen and oxygen atoms in total. The molecule has 0 N–H and O–H groups in total. The lowest BCUT2D eigenvalue weighted by atomic mass is 9.89. The van der Waals surface area contributed by atoms with Crippen LogP contribution in [0.4, 0.5) is 5.69 Å². The van der Waals surface area contributed by atoms with E-state index >= 15 is 0 Å². The van der Waals surface area contributed by atoms with Gasteiger partial charge in [-0.15, -0.1) is 0 Å². The van der Waals surface area contributed by atoms with E-state index in [1.165, 1.54) is 30.9 Å². The van der Waals surface area contributed by atoms with Crippen LogP contribution >= 0.6 is 30.2 Å². The van der Waals surface area contributed by atoms with E-state index in [0.29, 0.717) is 5.75 Å². The second-order valence-corrected chi connectivity index (χ2v) is 8.33. The van der Waals surface area contributed by atoms with Crippen molar-refractivity contribution in [3.8, 4) is 5.75 Å². The van der Waals surface area contributed by atoms with Gasteiger partial charge in [0, 0.05) is 23.2 Å². The van der Waals surface area contributed by atoms with E-state index in [9.17, 15) is 14.7 Å². The van der Waals surface area contributed by atoms with E-state index in [2.05, 4.69) is 22.6 Å². The fraction of sp³-hybridized carbons (Fsp3) is 0.571. The predicted molar refractivity (Wildman–Crippen MR) is 93.0 cm³/mol. The molecule has 1 fully saturated rings. The van der Waals surface area contributed by atoms with Crippen LogP contribution < -0.4 is 4.52 Å². The van der Waals surface area contributed by atoms with Crippen molar-refractivity contribution in [3.05, 3.63) is 34.4 Å². The fourth-order valence-electron chi connectivity index (χ4n) is 2.50. The molecule has 1 atom stereocenters. The molecule has 22 heavy (non-hydrogen) atoms. The highest BCUT2D eigenvalue weighted by Gasteiger charge is 2.28. The van der Waals surface area contributed by atoms with Crippen LogP contribution in [0.3, 0.4) is 0 Å². The van der Waals surface area contributed by atoms with Crippen LogP contribution in [0, 0.1) is 16.0 Å². The predicted octanol–water partition coefficient (Wildman–Crippen LogP) is 4.81. The van der Waals surface area contributed by atoms with Gasteiger partial charge in [0.05, 0.1) is 11.0 Å². The Kier molecular flexibility index (Phi) is 6.23. The molecule has 0 aliphatic heterocycles. The maximum absolute atomic E-state index is 12.4. The Bertz CT molecular complexity index is 557. The number of hydrogen-bond acceptors (Lipinski definition) is 5. The Morgan fingerprint density at radius 1 is 1.27 bits per heavy atom. The van der Waals surface area contributed by atoms with Crippen molar-refractivity contribution in [2.24, 2.45) is 5.92 Å². The minimum absolute atomic E-state index is 0.0312. The zero-order valence-corrected chi connectivity index (χ0v) is 15.4. The molecule has 1 aromatic carbocycles. The quantitative estimate of drug-likeness (QED) is 0.209. The molecule has 0 heterocycles. The van der Waals surface area contributed by atoms with Gasteiger partial charge in [-0.1, -0.05) is 22.6 Å². The molecule has 0 saturated heterocycles. The first-order valence-electron chi connectivity index (χ1n) is 7.15. The van der Waals surface area contributed by atoms with E-state index in [1.54, 1.807) is 0 Å². The molecule has 1 aliphatic carbocycles. The summed E-state index contributed by atoms with van der Waals surface area (Å²) in [6.45, 7) is 1.44. The van der Waals surface area contributed by atoms with Gasteiger partial charge in [-0.05, 0) is 43.7 Å². The third-order valence-electron chi connectivity index (χ3n) is 3.67. The van der Waals surface area contributed by atoms with Crippen molar-refractivity contribution in [1.29, 1.82) is 0 Å². The van der Waals surface area contributed by atoms with Gasteiger partial charge in [-0.3, -0.25) is 14.6 Å². The van der Waals surface area contributed by atoms with Crippen molar-refractivity contribution < 1.29 is 18.5 Å². The number of halogens is 1. The number of nitro groups is 1. The zero-order chi connectivity index (χ0) is 16.2. The van der Waals surface area contributed by atoms with Crippen LogP contribution in [0.15, 0.2) is 24.3 Å². The number of rotatable bonds is 6. The van der Waals surface area contributed by atoms with Crippen molar-refractivity contribution in [2.45, 2.75) is 31.8 Å². The van der Waals surface area contributed by atoms with Gasteiger partial charge < -0.3 is 4.52 Å². The number of nitro benzene ring substituents is 1. The highest BCUT2D eigenvalue weighted by atomic mass is 127. The van der Waals surface area contributed by atoms with Gasteiger partial charge >= 0.3 is 7.60 Å². The molecule has 0 aromatic heterocycles. The molecule has 1 unspecified atom stereocenters. The average molecular weight is 439 g/mol. The van der Waals surface area contributed by atoms with Gasteiger partial charge in [0.1, 0.15) is 5.75 Å². The Labute approximate surface area is 143 Å². The van der Waals surface area contributed by atoms with E-state index in [1.807, 2.05) is 0 Å². The summed E-state index contributed by atoms with van der Waals surface area (Å²) < 4.78 is 24.6. The van der Waals surface area contributed by atoms with E-state index < -0.39 is 12.5 Å². The molecule has 122 valence electrons. The molecule has 8 heteroatoms. The lowest BCUT2D eigenvalue weighted by molar-refractivity contribution is -0.384. The molecular weight excluding hydrogens is 420 g/mol. The topological polar surface area (TPSA) is 78.7 Å². The van der Waals surface area contributed by atoms with E-state index in [0.717, 1.165) is 36.0 Å². The number of non-ortho nitro benzene ring substituents is 1. The summed E-state index contributed by atoms with van der Waals surface area (Å²) in [6.07, 6.45) is 3.94. The fourth-order valence-corrected chi connectivity index (χ4v) is 4.68. The van der Waals surface area contributed by atoms with Crippen LogP contribution in [-0.4, -0.2) is 22.1 Å². The molecule has 1 saturated carbocycles. The highest BCUT2D eigenvalue weighted by Crippen LogP contribution is 2.48. The van der Waals surface area contributed by atoms with Crippen LogP contribution in [0.2, 0.25) is 0 Å². The van der Waals surface area contributed by atoms with Crippen LogP contribution in [0.5, 0.6) is 5.75 Å². The number of hydrogen-bond donors (Lipinski definition) is 0. The molecule has 0 bridgehead atoms. The van der Waals surface area contributed by atoms with Crippen LogP contribution in [0.1, 0.15) is 25.7 Å². The van der Waals surface area contributed by atoms with Gasteiger partial charge in [-0.2, -0.15) is 0 Å². The molecule has 2 rings (SSSR count). The average Bonchev–Trinajstić information content (AvgIpc) is 2.47. The maximum atomic E-state index is 12.4. The lowest BCUT2D eigenvalue weighted by Crippen LogP contribution is -2.22. The summed E-state index contributed by atoms with van der Waals surface area (Å²) in [5, 5.41) is 10.6. The second-order valence-electron chi connectivity index (χ2n) is 5.52. The van der Waals surface area contributed by atoms with Crippen LogP contribution in [-0.2, 0) is 9.09 Å². The molecule has 0 radical (unpaired) electrons. The summed E-state index contributed by atoms with van der Waals surface area (Å²) in [4.78, 5) is 10.1. The van der Waals surface area contributed by atoms with Gasteiger partial charge in [0.15, 0.2) is 0 Å². The molecule has 0 spiro atoms. The van der Waals surface area contributed by atoms with E-state index in [4.69, 9.17) is 9.05 Å².